The molecule has 0 unspecified atom stereocenters. The van der Waals surface area contributed by atoms with Crippen molar-refractivity contribution in [2.45, 2.75) is 6.92 Å². The maximum Gasteiger partial charge on any atom is 0.308 e. The van der Waals surface area contributed by atoms with Crippen molar-refractivity contribution in [2.24, 2.45) is 0 Å². The molecule has 0 aliphatic carbocycles. The first-order chi connectivity index (χ1) is 13.4. The predicted molar refractivity (Wildman–Crippen MR) is 104 cm³/mol. The van der Waals surface area contributed by atoms with Crippen molar-refractivity contribution in [2.75, 3.05) is 5.32 Å². The van der Waals surface area contributed by atoms with E-state index >= 15 is 0 Å². The number of anilines is 1. The molecule has 7 heteroatoms. The first kappa shape index (κ1) is 18.8. The van der Waals surface area contributed by atoms with Crippen LogP contribution in [0.1, 0.15) is 17.3 Å². The summed E-state index contributed by atoms with van der Waals surface area (Å²) >= 11 is 0. The number of hydrogen-bond acceptors (Lipinski definition) is 5. The highest BCUT2D eigenvalue weighted by molar-refractivity contribution is 6.06. The molecule has 0 bridgehead atoms. The summed E-state index contributed by atoms with van der Waals surface area (Å²) in [4.78, 5) is 34.1. The van der Waals surface area contributed by atoms with E-state index in [0.717, 1.165) is 11.1 Å². The lowest BCUT2D eigenvalue weighted by atomic mass is 10.0. The first-order valence-corrected chi connectivity index (χ1v) is 8.38. The standard InChI is InChI=1S/C21H16N2O5/c1-14(24)28-18-11-9-15(10-12-18)16-5-4-6-17(13-16)21(25)22-19-7-2-3-8-20(19)23(26)27/h2-13H,1H3,(H,22,25). The molecule has 0 saturated carbocycles. The van der Waals surface area contributed by atoms with Crippen LogP contribution in [-0.4, -0.2) is 16.8 Å². The van der Waals surface area contributed by atoms with Crippen LogP contribution in [0.4, 0.5) is 11.4 Å². The van der Waals surface area contributed by atoms with Crippen molar-refractivity contribution in [1.29, 1.82) is 0 Å². The molecule has 0 aliphatic rings. The highest BCUT2D eigenvalue weighted by Gasteiger charge is 2.16. The van der Waals surface area contributed by atoms with Gasteiger partial charge in [-0.2, -0.15) is 0 Å². The molecule has 0 atom stereocenters. The third-order valence-electron chi connectivity index (χ3n) is 3.92. The number of benzene rings is 3. The number of esters is 1. The molecule has 0 radical (unpaired) electrons. The van der Waals surface area contributed by atoms with Gasteiger partial charge in [0, 0.05) is 18.6 Å². The highest BCUT2D eigenvalue weighted by Crippen LogP contribution is 2.26. The Kier molecular flexibility index (Phi) is 5.45. The number of carbonyl (C=O) groups is 2. The van der Waals surface area contributed by atoms with Gasteiger partial charge in [-0.15, -0.1) is 0 Å². The van der Waals surface area contributed by atoms with Crippen LogP contribution in [0.25, 0.3) is 11.1 Å². The monoisotopic (exact) mass is 376 g/mol. The quantitative estimate of drug-likeness (QED) is 0.307. The predicted octanol–water partition coefficient (Wildman–Crippen LogP) is 4.44. The van der Waals surface area contributed by atoms with Crippen molar-refractivity contribution in [3.05, 3.63) is 88.5 Å². The Bertz CT molecular complexity index is 1040. The zero-order valence-corrected chi connectivity index (χ0v) is 14.9. The largest absolute Gasteiger partial charge is 0.427 e. The number of ether oxygens (including phenoxy) is 1. The average Bonchev–Trinajstić information content (AvgIpc) is 2.68. The number of carbonyl (C=O) groups excluding carboxylic acids is 2. The van der Waals surface area contributed by atoms with Crippen LogP contribution in [0.2, 0.25) is 0 Å². The van der Waals surface area contributed by atoms with Crippen molar-refractivity contribution >= 4 is 23.3 Å². The van der Waals surface area contributed by atoms with Crippen LogP contribution >= 0.6 is 0 Å². The smallest absolute Gasteiger partial charge is 0.308 e. The van der Waals surface area contributed by atoms with Gasteiger partial charge in [-0.05, 0) is 41.5 Å². The van der Waals surface area contributed by atoms with Crippen molar-refractivity contribution < 1.29 is 19.2 Å². The molecule has 140 valence electrons. The number of hydrogen-bond donors (Lipinski definition) is 1. The Balaban J connectivity index is 1.82. The zero-order chi connectivity index (χ0) is 20.1. The van der Waals surface area contributed by atoms with E-state index in [2.05, 4.69) is 5.32 Å². The molecule has 0 fully saturated rings. The summed E-state index contributed by atoms with van der Waals surface area (Å²) in [6.45, 7) is 1.33. The fourth-order valence-electron chi connectivity index (χ4n) is 2.65. The van der Waals surface area contributed by atoms with Crippen LogP contribution in [0, 0.1) is 10.1 Å². The normalized spacial score (nSPS) is 10.2. The van der Waals surface area contributed by atoms with Gasteiger partial charge in [0.2, 0.25) is 0 Å². The Hall–Kier alpha value is -4.00. The molecular weight excluding hydrogens is 360 g/mol. The lowest BCUT2D eigenvalue weighted by molar-refractivity contribution is -0.383. The van der Waals surface area contributed by atoms with Gasteiger partial charge >= 0.3 is 5.97 Å². The molecule has 3 aromatic rings. The number of para-hydroxylation sites is 2. The van der Waals surface area contributed by atoms with Crippen LogP contribution < -0.4 is 10.1 Å². The van der Waals surface area contributed by atoms with Crippen LogP contribution in [0.15, 0.2) is 72.8 Å². The Morgan fingerprint density at radius 2 is 1.64 bits per heavy atom. The van der Waals surface area contributed by atoms with Gasteiger partial charge in [0.05, 0.1) is 4.92 Å². The van der Waals surface area contributed by atoms with Crippen LogP contribution in [0.5, 0.6) is 5.75 Å². The number of rotatable bonds is 5. The van der Waals surface area contributed by atoms with Gasteiger partial charge in [-0.1, -0.05) is 36.4 Å². The van der Waals surface area contributed by atoms with Gasteiger partial charge in [0.25, 0.3) is 11.6 Å². The zero-order valence-electron chi connectivity index (χ0n) is 14.9. The van der Waals surface area contributed by atoms with Crippen LogP contribution in [0.3, 0.4) is 0 Å². The molecule has 0 aliphatic heterocycles. The minimum atomic E-state index is -0.545. The number of amides is 1. The summed E-state index contributed by atoms with van der Waals surface area (Å²) in [5.74, 6) is -0.421. The summed E-state index contributed by atoms with van der Waals surface area (Å²) in [6.07, 6.45) is 0. The molecule has 1 N–H and O–H groups in total. The Morgan fingerprint density at radius 3 is 2.32 bits per heavy atom. The molecule has 7 nitrogen and oxygen atoms in total. The SMILES string of the molecule is CC(=O)Oc1ccc(-c2cccc(C(=O)Nc3ccccc3[N+](=O)[O-])c2)cc1. The topological polar surface area (TPSA) is 98.5 Å². The summed E-state index contributed by atoms with van der Waals surface area (Å²) in [5.41, 5.74) is 1.93. The summed E-state index contributed by atoms with van der Waals surface area (Å²) in [5, 5.41) is 13.7. The molecule has 0 heterocycles. The number of nitrogens with zero attached hydrogens (tertiary/aromatic N) is 1. The fourth-order valence-corrected chi connectivity index (χ4v) is 2.65. The second-order valence-electron chi connectivity index (χ2n) is 5.93. The summed E-state index contributed by atoms with van der Waals surface area (Å²) < 4.78 is 5.01. The number of nitro benzene ring substituents is 1. The molecule has 1 amide bonds. The van der Waals surface area contributed by atoms with Crippen molar-refractivity contribution in [3.63, 3.8) is 0 Å². The molecule has 0 spiro atoms. The van der Waals surface area contributed by atoms with Gasteiger partial charge < -0.3 is 10.1 Å². The van der Waals surface area contributed by atoms with Gasteiger partial charge in [0.15, 0.2) is 0 Å². The van der Waals surface area contributed by atoms with E-state index < -0.39 is 16.8 Å². The molecule has 0 aromatic heterocycles. The second kappa shape index (κ2) is 8.13. The number of nitrogens with one attached hydrogen (secondary N) is 1. The third kappa shape index (κ3) is 4.39. The average molecular weight is 376 g/mol. The first-order valence-electron chi connectivity index (χ1n) is 8.38. The van der Waals surface area contributed by atoms with Gasteiger partial charge in [0.1, 0.15) is 11.4 Å². The molecule has 28 heavy (non-hydrogen) atoms. The highest BCUT2D eigenvalue weighted by atomic mass is 16.6. The van der Waals surface area contributed by atoms with Crippen molar-refractivity contribution in [3.8, 4) is 16.9 Å². The molecule has 0 saturated heterocycles. The Labute approximate surface area is 160 Å². The Morgan fingerprint density at radius 1 is 0.929 bits per heavy atom. The summed E-state index contributed by atoms with van der Waals surface area (Å²) in [7, 11) is 0. The number of nitro groups is 1. The van der Waals surface area contributed by atoms with Crippen molar-refractivity contribution in [1.82, 2.24) is 0 Å². The van der Waals surface area contributed by atoms with E-state index in [4.69, 9.17) is 4.74 Å². The second-order valence-corrected chi connectivity index (χ2v) is 5.93. The van der Waals surface area contributed by atoms with Crippen LogP contribution in [-0.2, 0) is 4.79 Å². The molecule has 3 rings (SSSR count). The summed E-state index contributed by atoms with van der Waals surface area (Å²) in [6, 6.07) is 19.7. The van der Waals surface area contributed by atoms with E-state index in [-0.39, 0.29) is 11.4 Å². The third-order valence-corrected chi connectivity index (χ3v) is 3.92. The maximum absolute atomic E-state index is 12.6. The molecule has 3 aromatic carbocycles. The van der Waals surface area contributed by atoms with Gasteiger partial charge in [-0.3, -0.25) is 19.7 Å². The van der Waals surface area contributed by atoms with Gasteiger partial charge in [-0.25, -0.2) is 0 Å². The van der Waals surface area contributed by atoms with E-state index in [1.165, 1.54) is 25.1 Å². The van der Waals surface area contributed by atoms with E-state index in [1.807, 2.05) is 6.07 Å². The maximum atomic E-state index is 12.6. The minimum Gasteiger partial charge on any atom is -0.427 e. The molecular formula is C21H16N2O5. The minimum absolute atomic E-state index is 0.133. The van der Waals surface area contributed by atoms with E-state index in [9.17, 15) is 19.7 Å². The lowest BCUT2D eigenvalue weighted by Crippen LogP contribution is -2.13. The van der Waals surface area contributed by atoms with E-state index in [0.29, 0.717) is 11.3 Å². The van der Waals surface area contributed by atoms with E-state index in [1.54, 1.807) is 48.5 Å². The fraction of sp³-hybridized carbons (Fsp3) is 0.0476. The lowest BCUT2D eigenvalue weighted by Gasteiger charge is -2.08.